The number of guanidine groups is 1. The number of fused-ring (bicyclic) bond motifs is 1. The fourth-order valence-corrected chi connectivity index (χ4v) is 4.02. The molecule has 1 saturated heterocycles. The van der Waals surface area contributed by atoms with Gasteiger partial charge in [0, 0.05) is 45.7 Å². The lowest BCUT2D eigenvalue weighted by Crippen LogP contribution is -2.40. The van der Waals surface area contributed by atoms with Gasteiger partial charge in [-0.05, 0) is 32.1 Å². The molecule has 3 heterocycles. The molecule has 164 valence electrons. The maximum Gasteiger partial charge on any atom is 0.345 e. The molecule has 9 nitrogen and oxygen atoms in total. The summed E-state index contributed by atoms with van der Waals surface area (Å²) in [6.45, 7) is 8.21. The lowest BCUT2D eigenvalue weighted by atomic mass is 9.99. The van der Waals surface area contributed by atoms with E-state index in [0.29, 0.717) is 19.6 Å². The number of hydrogen-bond donors (Lipinski definition) is 1. The standard InChI is InChI=1S/C19H32N6O3.HI/c1-4-20-18(23-12-14(2)15(13-23)17(26)28-3)21-9-7-11-25-19(27)24-10-6-5-8-16(24)22-25;/h14-15H,4-13H2,1-3H3,(H,20,21);1H. The summed E-state index contributed by atoms with van der Waals surface area (Å²) in [5.74, 6) is 1.68. The molecule has 2 aliphatic rings. The molecule has 0 spiro atoms. The molecule has 1 N–H and O–H groups in total. The van der Waals surface area contributed by atoms with Crippen molar-refractivity contribution in [1.82, 2.24) is 24.6 Å². The van der Waals surface area contributed by atoms with Crippen molar-refractivity contribution in [2.45, 2.75) is 52.6 Å². The van der Waals surface area contributed by atoms with Crippen LogP contribution in [0.25, 0.3) is 0 Å². The van der Waals surface area contributed by atoms with E-state index >= 15 is 0 Å². The van der Waals surface area contributed by atoms with Gasteiger partial charge < -0.3 is 15.0 Å². The van der Waals surface area contributed by atoms with Crippen LogP contribution in [0.15, 0.2) is 9.79 Å². The minimum atomic E-state index is -0.158. The molecule has 0 aliphatic carbocycles. The molecule has 0 amide bonds. The van der Waals surface area contributed by atoms with E-state index in [0.717, 1.165) is 57.1 Å². The Morgan fingerprint density at radius 1 is 1.34 bits per heavy atom. The van der Waals surface area contributed by atoms with Crippen LogP contribution in [-0.4, -0.2) is 64.5 Å². The maximum absolute atomic E-state index is 12.4. The number of hydrogen-bond acceptors (Lipinski definition) is 5. The molecular weight excluding hydrogens is 487 g/mol. The fourth-order valence-electron chi connectivity index (χ4n) is 4.02. The lowest BCUT2D eigenvalue weighted by Gasteiger charge is -2.21. The summed E-state index contributed by atoms with van der Waals surface area (Å²) < 4.78 is 8.30. The zero-order valence-corrected chi connectivity index (χ0v) is 19.9. The van der Waals surface area contributed by atoms with Crippen LogP contribution in [0.4, 0.5) is 0 Å². The van der Waals surface area contributed by atoms with Crippen molar-refractivity contribution in [1.29, 1.82) is 0 Å². The number of halogens is 1. The van der Waals surface area contributed by atoms with Gasteiger partial charge in [-0.15, -0.1) is 24.0 Å². The number of rotatable bonds is 6. The van der Waals surface area contributed by atoms with E-state index < -0.39 is 0 Å². The van der Waals surface area contributed by atoms with Crippen molar-refractivity contribution in [3.8, 4) is 0 Å². The third-order valence-corrected chi connectivity index (χ3v) is 5.57. The molecular formula is C19H33IN6O3. The highest BCUT2D eigenvalue weighted by atomic mass is 127. The Bertz CT molecular complexity index is 774. The number of carbonyl (C=O) groups excluding carboxylic acids is 1. The molecule has 0 saturated carbocycles. The number of carbonyl (C=O) groups is 1. The highest BCUT2D eigenvalue weighted by Crippen LogP contribution is 2.24. The first-order valence-corrected chi connectivity index (χ1v) is 10.3. The van der Waals surface area contributed by atoms with Gasteiger partial charge in [-0.3, -0.25) is 14.4 Å². The van der Waals surface area contributed by atoms with Gasteiger partial charge in [-0.2, -0.15) is 5.10 Å². The molecule has 2 unspecified atom stereocenters. The molecule has 0 aromatic carbocycles. The molecule has 2 atom stereocenters. The molecule has 1 aromatic rings. The Morgan fingerprint density at radius 3 is 2.83 bits per heavy atom. The number of aliphatic imine (C=N–C) groups is 1. The third-order valence-electron chi connectivity index (χ3n) is 5.57. The number of aromatic nitrogens is 3. The zero-order valence-electron chi connectivity index (χ0n) is 17.6. The first-order chi connectivity index (χ1) is 13.5. The van der Waals surface area contributed by atoms with Crippen molar-refractivity contribution in [2.75, 3.05) is 33.3 Å². The second-order valence-corrected chi connectivity index (χ2v) is 7.63. The lowest BCUT2D eigenvalue weighted by molar-refractivity contribution is -0.145. The number of nitrogens with one attached hydrogen (secondary N) is 1. The van der Waals surface area contributed by atoms with E-state index in [1.807, 2.05) is 6.92 Å². The van der Waals surface area contributed by atoms with Gasteiger partial charge in [0.05, 0.1) is 13.0 Å². The second-order valence-electron chi connectivity index (χ2n) is 7.63. The minimum Gasteiger partial charge on any atom is -0.469 e. The number of methoxy groups -OCH3 is 1. The average Bonchev–Trinajstić information content (AvgIpc) is 3.24. The van der Waals surface area contributed by atoms with Gasteiger partial charge in [-0.1, -0.05) is 6.92 Å². The highest BCUT2D eigenvalue weighted by Gasteiger charge is 2.36. The van der Waals surface area contributed by atoms with Crippen LogP contribution in [0.5, 0.6) is 0 Å². The molecule has 1 fully saturated rings. The van der Waals surface area contributed by atoms with Crippen molar-refractivity contribution in [3.63, 3.8) is 0 Å². The predicted molar refractivity (Wildman–Crippen MR) is 122 cm³/mol. The Labute approximate surface area is 188 Å². The summed E-state index contributed by atoms with van der Waals surface area (Å²) in [6, 6.07) is 0. The second kappa shape index (κ2) is 11.0. The maximum atomic E-state index is 12.4. The summed E-state index contributed by atoms with van der Waals surface area (Å²) in [7, 11) is 1.44. The average molecular weight is 520 g/mol. The van der Waals surface area contributed by atoms with Gasteiger partial charge in [0.25, 0.3) is 0 Å². The summed E-state index contributed by atoms with van der Waals surface area (Å²) in [4.78, 5) is 31.1. The SMILES string of the molecule is CCNC(=NCCCn1nc2n(c1=O)CCCC2)N1CC(C)C(C(=O)OC)C1.I. The quantitative estimate of drug-likeness (QED) is 0.199. The van der Waals surface area contributed by atoms with E-state index in [1.165, 1.54) is 7.11 Å². The molecule has 0 bridgehead atoms. The van der Waals surface area contributed by atoms with Crippen LogP contribution in [0.1, 0.15) is 38.9 Å². The van der Waals surface area contributed by atoms with Crippen LogP contribution in [-0.2, 0) is 29.0 Å². The van der Waals surface area contributed by atoms with E-state index in [2.05, 4.69) is 22.2 Å². The van der Waals surface area contributed by atoms with E-state index in [-0.39, 0.29) is 47.5 Å². The summed E-state index contributed by atoms with van der Waals surface area (Å²) in [5.41, 5.74) is -0.000117. The Morgan fingerprint density at radius 2 is 2.14 bits per heavy atom. The van der Waals surface area contributed by atoms with Gasteiger partial charge >= 0.3 is 11.7 Å². The number of aryl methyl sites for hydroxylation is 2. The fraction of sp³-hybridized carbons (Fsp3) is 0.789. The van der Waals surface area contributed by atoms with Crippen LogP contribution in [0, 0.1) is 11.8 Å². The molecule has 10 heteroatoms. The first kappa shape index (κ1) is 23.7. The summed E-state index contributed by atoms with van der Waals surface area (Å²) in [6.07, 6.45) is 3.79. The Kier molecular flexibility index (Phi) is 8.97. The minimum absolute atomic E-state index is 0. The normalized spacial score (nSPS) is 21.5. The van der Waals surface area contributed by atoms with Crippen LogP contribution >= 0.6 is 24.0 Å². The van der Waals surface area contributed by atoms with Crippen molar-refractivity contribution in [3.05, 3.63) is 16.3 Å². The Balaban J connectivity index is 0.00000300. The molecule has 0 radical (unpaired) electrons. The van der Waals surface area contributed by atoms with Crippen LogP contribution < -0.4 is 11.0 Å². The zero-order chi connectivity index (χ0) is 20.1. The molecule has 1 aromatic heterocycles. The third kappa shape index (κ3) is 5.52. The topological polar surface area (TPSA) is 93.8 Å². The predicted octanol–water partition coefficient (Wildman–Crippen LogP) is 1.10. The first-order valence-electron chi connectivity index (χ1n) is 10.3. The summed E-state index contributed by atoms with van der Waals surface area (Å²) >= 11 is 0. The van der Waals surface area contributed by atoms with Gasteiger partial charge in [-0.25, -0.2) is 9.48 Å². The Hall–Kier alpha value is -1.59. The summed E-state index contributed by atoms with van der Waals surface area (Å²) in [5, 5.41) is 7.78. The van der Waals surface area contributed by atoms with Crippen molar-refractivity contribution >= 4 is 35.9 Å². The highest BCUT2D eigenvalue weighted by molar-refractivity contribution is 14.0. The van der Waals surface area contributed by atoms with E-state index in [4.69, 9.17) is 9.73 Å². The molecule has 29 heavy (non-hydrogen) atoms. The molecule has 3 rings (SSSR count). The number of esters is 1. The van der Waals surface area contributed by atoms with Gasteiger partial charge in [0.1, 0.15) is 5.82 Å². The smallest absolute Gasteiger partial charge is 0.345 e. The number of likely N-dealkylation sites (tertiary alicyclic amines) is 1. The number of ether oxygens (including phenoxy) is 1. The largest absolute Gasteiger partial charge is 0.469 e. The monoisotopic (exact) mass is 520 g/mol. The van der Waals surface area contributed by atoms with E-state index in [9.17, 15) is 9.59 Å². The number of nitrogens with zero attached hydrogens (tertiary/aromatic N) is 5. The van der Waals surface area contributed by atoms with Gasteiger partial charge in [0.15, 0.2) is 5.96 Å². The van der Waals surface area contributed by atoms with Gasteiger partial charge in [0.2, 0.25) is 0 Å². The van der Waals surface area contributed by atoms with Crippen molar-refractivity contribution in [2.24, 2.45) is 16.8 Å². The molecule has 2 aliphatic heterocycles. The van der Waals surface area contributed by atoms with Crippen LogP contribution in [0.2, 0.25) is 0 Å². The van der Waals surface area contributed by atoms with Crippen LogP contribution in [0.3, 0.4) is 0 Å². The van der Waals surface area contributed by atoms with E-state index in [1.54, 1.807) is 9.25 Å². The van der Waals surface area contributed by atoms with Crippen molar-refractivity contribution < 1.29 is 9.53 Å².